The van der Waals surface area contributed by atoms with Crippen LogP contribution in [0.2, 0.25) is 0 Å². The first kappa shape index (κ1) is 22.9. The third-order valence-electron chi connectivity index (χ3n) is 5.16. The summed E-state index contributed by atoms with van der Waals surface area (Å²) in [6, 6.07) is 7.23. The molecule has 1 amide bonds. The maximum Gasteiger partial charge on any atom is 0.330 e. The van der Waals surface area contributed by atoms with Gasteiger partial charge in [0.1, 0.15) is 12.1 Å². The number of unbranched alkanes of at least 4 members (excludes halogenated alkanes) is 2. The number of H-pyrrole nitrogens is 1. The van der Waals surface area contributed by atoms with Gasteiger partial charge >= 0.3 is 5.69 Å². The number of anilines is 2. The molecule has 0 spiro atoms. The van der Waals surface area contributed by atoms with E-state index < -0.39 is 11.2 Å². The van der Waals surface area contributed by atoms with Crippen LogP contribution in [0.1, 0.15) is 45.1 Å². The smallest absolute Gasteiger partial charge is 0.330 e. The third-order valence-corrected chi connectivity index (χ3v) is 5.16. The van der Waals surface area contributed by atoms with Crippen LogP contribution in [0, 0.1) is 0 Å². The van der Waals surface area contributed by atoms with Crippen molar-refractivity contribution in [1.82, 2.24) is 29.8 Å². The van der Waals surface area contributed by atoms with Gasteiger partial charge in [-0.2, -0.15) is 0 Å². The fourth-order valence-electron chi connectivity index (χ4n) is 3.37. The van der Waals surface area contributed by atoms with Crippen LogP contribution in [-0.2, 0) is 17.8 Å². The molecule has 0 radical (unpaired) electrons. The van der Waals surface area contributed by atoms with Crippen molar-refractivity contribution in [3.63, 3.8) is 0 Å². The highest BCUT2D eigenvalue weighted by atomic mass is 16.2. The fourth-order valence-corrected chi connectivity index (χ4v) is 3.37. The SMILES string of the molecule is CCCCN(C(=O)Cc1ccc(-n2cnnn2)cc1)c1c(N)n(CCCC)c(=O)[nH]c1=O. The number of carbonyl (C=O) groups excluding carboxylic acids is 1. The molecule has 0 unspecified atom stereocenters. The predicted octanol–water partition coefficient (Wildman–Crippen LogP) is 1.27. The summed E-state index contributed by atoms with van der Waals surface area (Å²) in [4.78, 5) is 41.9. The van der Waals surface area contributed by atoms with E-state index in [1.165, 1.54) is 20.5 Å². The Morgan fingerprint density at radius 2 is 1.84 bits per heavy atom. The van der Waals surface area contributed by atoms with Crippen LogP contribution in [0.4, 0.5) is 11.5 Å². The molecule has 2 heterocycles. The van der Waals surface area contributed by atoms with E-state index in [1.807, 2.05) is 26.0 Å². The number of rotatable bonds is 10. The van der Waals surface area contributed by atoms with Gasteiger partial charge in [0, 0.05) is 13.1 Å². The molecule has 0 bridgehead atoms. The number of aromatic nitrogens is 6. The maximum absolute atomic E-state index is 13.2. The predicted molar refractivity (Wildman–Crippen MR) is 121 cm³/mol. The van der Waals surface area contributed by atoms with Crippen LogP contribution >= 0.6 is 0 Å². The average Bonchev–Trinajstić information content (AvgIpc) is 3.31. The second-order valence-electron chi connectivity index (χ2n) is 7.49. The standard InChI is InChI=1S/C21H28N8O3/c1-3-5-11-27(18-19(22)28(12-6-4-2)21(32)24-20(18)31)17(30)13-15-7-9-16(10-8-15)29-14-23-25-26-29/h7-10,14H,3-6,11-13,22H2,1-2H3,(H,24,31,32). The molecule has 32 heavy (non-hydrogen) atoms. The molecule has 0 fully saturated rings. The first-order chi connectivity index (χ1) is 15.5. The summed E-state index contributed by atoms with van der Waals surface area (Å²) in [6.07, 6.45) is 4.67. The summed E-state index contributed by atoms with van der Waals surface area (Å²) in [5, 5.41) is 11.0. The zero-order chi connectivity index (χ0) is 23.1. The molecule has 0 aliphatic rings. The minimum absolute atomic E-state index is 0.0192. The number of nitrogens with zero attached hydrogens (tertiary/aromatic N) is 6. The molecular formula is C21H28N8O3. The number of nitrogens with one attached hydrogen (secondary N) is 1. The first-order valence-electron chi connectivity index (χ1n) is 10.7. The lowest BCUT2D eigenvalue weighted by atomic mass is 10.1. The van der Waals surface area contributed by atoms with Gasteiger partial charge in [-0.15, -0.1) is 5.10 Å². The molecule has 11 nitrogen and oxygen atoms in total. The lowest BCUT2D eigenvalue weighted by molar-refractivity contribution is -0.118. The lowest BCUT2D eigenvalue weighted by Crippen LogP contribution is -2.42. The number of hydrogen-bond acceptors (Lipinski definition) is 7. The van der Waals surface area contributed by atoms with Crippen molar-refractivity contribution in [1.29, 1.82) is 0 Å². The topological polar surface area (TPSA) is 145 Å². The molecule has 0 saturated carbocycles. The summed E-state index contributed by atoms with van der Waals surface area (Å²) >= 11 is 0. The molecule has 0 aliphatic heterocycles. The minimum atomic E-state index is -0.654. The molecule has 0 atom stereocenters. The van der Waals surface area contributed by atoms with Crippen molar-refractivity contribution >= 4 is 17.4 Å². The summed E-state index contributed by atoms with van der Waals surface area (Å²) in [7, 11) is 0. The van der Waals surface area contributed by atoms with Gasteiger partial charge in [0.25, 0.3) is 5.56 Å². The summed E-state index contributed by atoms with van der Waals surface area (Å²) < 4.78 is 2.84. The molecule has 170 valence electrons. The number of nitrogens with two attached hydrogens (primary N) is 1. The lowest BCUT2D eigenvalue weighted by Gasteiger charge is -2.24. The third kappa shape index (κ3) is 5.10. The molecule has 3 N–H and O–H groups in total. The average molecular weight is 441 g/mol. The van der Waals surface area contributed by atoms with Gasteiger partial charge in [-0.3, -0.25) is 19.1 Å². The molecule has 1 aromatic carbocycles. The number of aromatic amines is 1. The second-order valence-corrected chi connectivity index (χ2v) is 7.49. The highest BCUT2D eigenvalue weighted by Gasteiger charge is 2.24. The van der Waals surface area contributed by atoms with Gasteiger partial charge in [0.05, 0.1) is 12.1 Å². The van der Waals surface area contributed by atoms with Crippen molar-refractivity contribution in [3.8, 4) is 5.69 Å². The maximum atomic E-state index is 13.2. The molecule has 0 saturated heterocycles. The van der Waals surface area contributed by atoms with Gasteiger partial charge in [0.2, 0.25) is 5.91 Å². The summed E-state index contributed by atoms with van der Waals surface area (Å²) in [5.74, 6) is -0.253. The number of hydrogen-bond donors (Lipinski definition) is 2. The van der Waals surface area contributed by atoms with E-state index in [9.17, 15) is 14.4 Å². The van der Waals surface area contributed by atoms with Crippen LogP contribution < -0.4 is 21.9 Å². The zero-order valence-electron chi connectivity index (χ0n) is 18.3. The molecule has 3 rings (SSSR count). The molecular weight excluding hydrogens is 412 g/mol. The Hall–Kier alpha value is -3.76. The van der Waals surface area contributed by atoms with Crippen LogP contribution in [0.25, 0.3) is 5.69 Å². The van der Waals surface area contributed by atoms with Gasteiger partial charge in [-0.05, 0) is 41.0 Å². The van der Waals surface area contributed by atoms with Crippen LogP contribution in [0.15, 0.2) is 40.2 Å². The van der Waals surface area contributed by atoms with Crippen molar-refractivity contribution in [2.45, 2.75) is 52.5 Å². The second kappa shape index (κ2) is 10.5. The van der Waals surface area contributed by atoms with Crippen LogP contribution in [0.3, 0.4) is 0 Å². The number of tetrazole rings is 1. The Morgan fingerprint density at radius 3 is 2.47 bits per heavy atom. The molecule has 3 aromatic rings. The molecule has 0 aliphatic carbocycles. The Balaban J connectivity index is 1.90. The van der Waals surface area contributed by atoms with Crippen molar-refractivity contribution in [2.75, 3.05) is 17.2 Å². The van der Waals surface area contributed by atoms with Gasteiger partial charge in [-0.25, -0.2) is 9.48 Å². The van der Waals surface area contributed by atoms with E-state index in [1.54, 1.807) is 12.1 Å². The monoisotopic (exact) mass is 440 g/mol. The van der Waals surface area contributed by atoms with Gasteiger partial charge < -0.3 is 10.6 Å². The molecule has 2 aromatic heterocycles. The normalized spacial score (nSPS) is 10.9. The van der Waals surface area contributed by atoms with Crippen molar-refractivity contribution < 1.29 is 4.79 Å². The Morgan fingerprint density at radius 1 is 1.12 bits per heavy atom. The first-order valence-corrected chi connectivity index (χ1v) is 10.7. The number of nitrogen functional groups attached to an aromatic ring is 1. The van der Waals surface area contributed by atoms with Crippen LogP contribution in [0.5, 0.6) is 0 Å². The van der Waals surface area contributed by atoms with Crippen LogP contribution in [-0.4, -0.2) is 42.2 Å². The quantitative estimate of drug-likeness (QED) is 0.483. The van der Waals surface area contributed by atoms with Crippen molar-refractivity contribution in [2.24, 2.45) is 0 Å². The van der Waals surface area contributed by atoms with Gasteiger partial charge in [-0.1, -0.05) is 38.8 Å². The number of carbonyl (C=O) groups is 1. The van der Waals surface area contributed by atoms with Crippen molar-refractivity contribution in [3.05, 3.63) is 57.0 Å². The van der Waals surface area contributed by atoms with E-state index in [0.717, 1.165) is 30.5 Å². The highest BCUT2D eigenvalue weighted by Crippen LogP contribution is 2.20. The largest absolute Gasteiger partial charge is 0.383 e. The zero-order valence-corrected chi connectivity index (χ0v) is 18.3. The summed E-state index contributed by atoms with van der Waals surface area (Å²) in [6.45, 7) is 4.70. The van der Waals surface area contributed by atoms with E-state index in [2.05, 4.69) is 20.5 Å². The van der Waals surface area contributed by atoms with Gasteiger partial charge in [0.15, 0.2) is 5.69 Å². The Bertz CT molecular complexity index is 1150. The van der Waals surface area contributed by atoms with E-state index in [-0.39, 0.29) is 23.8 Å². The van der Waals surface area contributed by atoms with E-state index in [0.29, 0.717) is 19.5 Å². The minimum Gasteiger partial charge on any atom is -0.383 e. The highest BCUT2D eigenvalue weighted by molar-refractivity contribution is 5.96. The fraction of sp³-hybridized carbons (Fsp3) is 0.429. The Kier molecular flexibility index (Phi) is 7.53. The van der Waals surface area contributed by atoms with E-state index >= 15 is 0 Å². The summed E-state index contributed by atoms with van der Waals surface area (Å²) in [5.41, 5.74) is 6.57. The van der Waals surface area contributed by atoms with E-state index in [4.69, 9.17) is 5.73 Å². The number of amides is 1. The molecule has 11 heteroatoms. The number of benzene rings is 1. The Labute approximate surface area is 184 Å².